The molecule has 0 saturated carbocycles. The molecule has 0 aliphatic carbocycles. The number of hydrogen-bond acceptors (Lipinski definition) is 4. The van der Waals surface area contributed by atoms with Crippen LogP contribution in [-0.2, 0) is 6.54 Å². The number of rotatable bonds is 3. The highest BCUT2D eigenvalue weighted by Crippen LogP contribution is 2.18. The molecule has 2 N–H and O–H groups in total. The maximum atomic E-state index is 5.70. The number of aryl methyl sites for hydroxylation is 1. The first-order valence-corrected chi connectivity index (χ1v) is 5.16. The SMILES string of the molecule is Cc1cc(CN2CCC[C@@H]2CN)no1. The van der Waals surface area contributed by atoms with E-state index < -0.39 is 0 Å². The Labute approximate surface area is 84.0 Å². The minimum Gasteiger partial charge on any atom is -0.361 e. The smallest absolute Gasteiger partial charge is 0.133 e. The standard InChI is InChI=1S/C10H17N3O/c1-8-5-9(12-14-8)7-13-4-2-3-10(13)6-11/h5,10H,2-4,6-7,11H2,1H3/t10-/m1/s1. The Balaban J connectivity index is 1.96. The summed E-state index contributed by atoms with van der Waals surface area (Å²) in [5.74, 6) is 0.878. The van der Waals surface area contributed by atoms with E-state index in [9.17, 15) is 0 Å². The molecular formula is C10H17N3O. The summed E-state index contributed by atoms with van der Waals surface area (Å²) in [6.07, 6.45) is 2.46. The average Bonchev–Trinajstić information content (AvgIpc) is 2.76. The van der Waals surface area contributed by atoms with Crippen molar-refractivity contribution < 1.29 is 4.52 Å². The highest BCUT2D eigenvalue weighted by atomic mass is 16.5. The fourth-order valence-electron chi connectivity index (χ4n) is 2.07. The lowest BCUT2D eigenvalue weighted by Crippen LogP contribution is -2.34. The van der Waals surface area contributed by atoms with Gasteiger partial charge in [-0.15, -0.1) is 0 Å². The van der Waals surface area contributed by atoms with Crippen LogP contribution in [0, 0.1) is 6.92 Å². The molecule has 0 spiro atoms. The molecule has 1 aliphatic rings. The van der Waals surface area contributed by atoms with Crippen molar-refractivity contribution in [3.05, 3.63) is 17.5 Å². The first-order chi connectivity index (χ1) is 6.79. The van der Waals surface area contributed by atoms with Crippen molar-refractivity contribution in [1.82, 2.24) is 10.1 Å². The van der Waals surface area contributed by atoms with E-state index in [1.807, 2.05) is 13.0 Å². The lowest BCUT2D eigenvalue weighted by atomic mass is 10.2. The highest BCUT2D eigenvalue weighted by Gasteiger charge is 2.23. The summed E-state index contributed by atoms with van der Waals surface area (Å²) in [6.45, 7) is 4.67. The summed E-state index contributed by atoms with van der Waals surface area (Å²) < 4.78 is 5.04. The second-order valence-corrected chi connectivity index (χ2v) is 3.93. The summed E-state index contributed by atoms with van der Waals surface area (Å²) in [4.78, 5) is 2.39. The zero-order valence-corrected chi connectivity index (χ0v) is 8.57. The maximum Gasteiger partial charge on any atom is 0.133 e. The summed E-state index contributed by atoms with van der Waals surface area (Å²) in [5, 5.41) is 3.99. The van der Waals surface area contributed by atoms with Crippen molar-refractivity contribution in [3.63, 3.8) is 0 Å². The Hall–Kier alpha value is -0.870. The van der Waals surface area contributed by atoms with Gasteiger partial charge in [-0.1, -0.05) is 5.16 Å². The van der Waals surface area contributed by atoms with E-state index >= 15 is 0 Å². The highest BCUT2D eigenvalue weighted by molar-refractivity contribution is 5.04. The zero-order chi connectivity index (χ0) is 9.97. The van der Waals surface area contributed by atoms with E-state index in [0.29, 0.717) is 6.04 Å². The summed E-state index contributed by atoms with van der Waals surface area (Å²) in [7, 11) is 0. The third kappa shape index (κ3) is 1.96. The van der Waals surface area contributed by atoms with Crippen molar-refractivity contribution in [2.45, 2.75) is 32.4 Å². The first-order valence-electron chi connectivity index (χ1n) is 5.16. The second-order valence-electron chi connectivity index (χ2n) is 3.93. The predicted octanol–water partition coefficient (Wildman–Crippen LogP) is 0.906. The van der Waals surface area contributed by atoms with Crippen LogP contribution in [-0.4, -0.2) is 29.2 Å². The van der Waals surface area contributed by atoms with E-state index in [4.69, 9.17) is 10.3 Å². The Kier molecular flexibility index (Phi) is 2.84. The number of hydrogen-bond donors (Lipinski definition) is 1. The predicted molar refractivity (Wildman–Crippen MR) is 53.7 cm³/mol. The topological polar surface area (TPSA) is 55.3 Å². The van der Waals surface area contributed by atoms with Crippen LogP contribution < -0.4 is 5.73 Å². The minimum absolute atomic E-state index is 0.534. The van der Waals surface area contributed by atoms with Gasteiger partial charge in [0.25, 0.3) is 0 Å². The monoisotopic (exact) mass is 195 g/mol. The molecule has 4 heteroatoms. The fourth-order valence-corrected chi connectivity index (χ4v) is 2.07. The molecule has 0 bridgehead atoms. The lowest BCUT2D eigenvalue weighted by molar-refractivity contribution is 0.242. The van der Waals surface area contributed by atoms with E-state index in [0.717, 1.165) is 31.1 Å². The molecule has 2 heterocycles. The second kappa shape index (κ2) is 4.11. The Bertz CT molecular complexity index is 297. The molecular weight excluding hydrogens is 178 g/mol. The van der Waals surface area contributed by atoms with Crippen molar-refractivity contribution in [3.8, 4) is 0 Å². The molecule has 0 aromatic carbocycles. The maximum absolute atomic E-state index is 5.70. The molecule has 0 amide bonds. The van der Waals surface area contributed by atoms with Crippen LogP contribution in [0.4, 0.5) is 0 Å². The van der Waals surface area contributed by atoms with Gasteiger partial charge >= 0.3 is 0 Å². The fraction of sp³-hybridized carbons (Fsp3) is 0.700. The molecule has 1 fully saturated rings. The summed E-state index contributed by atoms with van der Waals surface area (Å²) in [6, 6.07) is 2.53. The molecule has 4 nitrogen and oxygen atoms in total. The van der Waals surface area contributed by atoms with E-state index in [1.54, 1.807) is 0 Å². The first kappa shape index (κ1) is 9.68. The van der Waals surface area contributed by atoms with Gasteiger partial charge in [-0.3, -0.25) is 4.90 Å². The van der Waals surface area contributed by atoms with Gasteiger partial charge < -0.3 is 10.3 Å². The number of aromatic nitrogens is 1. The molecule has 1 aliphatic heterocycles. The van der Waals surface area contributed by atoms with Gasteiger partial charge in [-0.05, 0) is 26.3 Å². The Morgan fingerprint density at radius 2 is 2.57 bits per heavy atom. The van der Waals surface area contributed by atoms with Gasteiger partial charge in [0.05, 0.1) is 5.69 Å². The molecule has 0 radical (unpaired) electrons. The van der Waals surface area contributed by atoms with Crippen molar-refractivity contribution in [1.29, 1.82) is 0 Å². The molecule has 14 heavy (non-hydrogen) atoms. The Morgan fingerprint density at radius 1 is 1.71 bits per heavy atom. The van der Waals surface area contributed by atoms with E-state index in [1.165, 1.54) is 12.8 Å². The van der Waals surface area contributed by atoms with Crippen molar-refractivity contribution >= 4 is 0 Å². The summed E-state index contributed by atoms with van der Waals surface area (Å²) >= 11 is 0. The molecule has 1 aromatic heterocycles. The van der Waals surface area contributed by atoms with Crippen LogP contribution >= 0.6 is 0 Å². The van der Waals surface area contributed by atoms with Gasteiger partial charge in [0.1, 0.15) is 5.76 Å². The van der Waals surface area contributed by atoms with Crippen LogP contribution in [0.25, 0.3) is 0 Å². The quantitative estimate of drug-likeness (QED) is 0.778. The largest absolute Gasteiger partial charge is 0.361 e. The van der Waals surface area contributed by atoms with Gasteiger partial charge in [0.2, 0.25) is 0 Å². The molecule has 1 saturated heterocycles. The molecule has 1 atom stereocenters. The van der Waals surface area contributed by atoms with Gasteiger partial charge in [0.15, 0.2) is 0 Å². The van der Waals surface area contributed by atoms with E-state index in [-0.39, 0.29) is 0 Å². The van der Waals surface area contributed by atoms with Crippen LogP contribution in [0.2, 0.25) is 0 Å². The van der Waals surface area contributed by atoms with Crippen LogP contribution in [0.1, 0.15) is 24.3 Å². The van der Waals surface area contributed by atoms with Crippen molar-refractivity contribution in [2.24, 2.45) is 5.73 Å². The molecule has 0 unspecified atom stereocenters. The Morgan fingerprint density at radius 3 is 3.21 bits per heavy atom. The van der Waals surface area contributed by atoms with Crippen LogP contribution in [0.5, 0.6) is 0 Å². The third-order valence-electron chi connectivity index (χ3n) is 2.81. The molecule has 78 valence electrons. The lowest BCUT2D eigenvalue weighted by Gasteiger charge is -2.21. The molecule has 1 aromatic rings. The van der Waals surface area contributed by atoms with Gasteiger partial charge in [0, 0.05) is 25.2 Å². The molecule has 2 rings (SSSR count). The van der Waals surface area contributed by atoms with Crippen LogP contribution in [0.3, 0.4) is 0 Å². The number of nitrogens with two attached hydrogens (primary N) is 1. The normalized spacial score (nSPS) is 23.1. The van der Waals surface area contributed by atoms with Crippen LogP contribution in [0.15, 0.2) is 10.6 Å². The summed E-state index contributed by atoms with van der Waals surface area (Å²) in [5.41, 5.74) is 6.71. The van der Waals surface area contributed by atoms with Gasteiger partial charge in [-0.2, -0.15) is 0 Å². The number of likely N-dealkylation sites (tertiary alicyclic amines) is 1. The minimum atomic E-state index is 0.534. The average molecular weight is 195 g/mol. The van der Waals surface area contributed by atoms with Crippen molar-refractivity contribution in [2.75, 3.05) is 13.1 Å². The van der Waals surface area contributed by atoms with Gasteiger partial charge in [-0.25, -0.2) is 0 Å². The number of nitrogens with zero attached hydrogens (tertiary/aromatic N) is 2. The zero-order valence-electron chi connectivity index (χ0n) is 8.57. The third-order valence-corrected chi connectivity index (χ3v) is 2.81. The van der Waals surface area contributed by atoms with E-state index in [2.05, 4.69) is 10.1 Å².